The van der Waals surface area contributed by atoms with Crippen LogP contribution in [0.5, 0.6) is 0 Å². The van der Waals surface area contributed by atoms with E-state index in [1.54, 1.807) is 42.5 Å². The first-order valence-electron chi connectivity index (χ1n) is 11.5. The molecule has 4 aromatic carbocycles. The van der Waals surface area contributed by atoms with Crippen LogP contribution >= 0.6 is 11.3 Å². The van der Waals surface area contributed by atoms with Crippen LogP contribution in [0.15, 0.2) is 119 Å². The summed E-state index contributed by atoms with van der Waals surface area (Å²) in [6.07, 6.45) is 0.867. The van der Waals surface area contributed by atoms with Crippen LogP contribution in [0.25, 0.3) is 11.3 Å². The minimum atomic E-state index is -3.70. The molecule has 6 nitrogen and oxygen atoms in total. The number of hydrogen-bond donors (Lipinski definition) is 2. The Morgan fingerprint density at radius 2 is 1.38 bits per heavy atom. The van der Waals surface area contributed by atoms with Gasteiger partial charge in [0.05, 0.1) is 10.6 Å². The second kappa shape index (κ2) is 10.8. The number of nitrogens with one attached hydrogen (secondary N) is 2. The molecule has 0 unspecified atom stereocenters. The van der Waals surface area contributed by atoms with Crippen molar-refractivity contribution < 1.29 is 13.2 Å². The third kappa shape index (κ3) is 6.11. The highest BCUT2D eigenvalue weighted by atomic mass is 32.2. The molecular formula is C29H23N3O3S2. The second-order valence-corrected chi connectivity index (χ2v) is 10.9. The standard InChI is InChI=1S/C29H23N3O3S2/c33-28(24-15-17-25(18-16-24)32-37(34,35)26-9-5-2-6-10-26)31-29-30-27(20-36-29)23-13-11-22(12-14-23)19-21-7-3-1-4-8-21/h1-18,20,32H,19H2,(H,30,31,33). The van der Waals surface area contributed by atoms with E-state index in [9.17, 15) is 13.2 Å². The second-order valence-electron chi connectivity index (χ2n) is 8.35. The van der Waals surface area contributed by atoms with E-state index < -0.39 is 10.0 Å². The summed E-state index contributed by atoms with van der Waals surface area (Å²) in [5, 5.41) is 5.21. The van der Waals surface area contributed by atoms with Crippen molar-refractivity contribution in [3.05, 3.63) is 131 Å². The number of carbonyl (C=O) groups is 1. The number of carbonyl (C=O) groups excluding carboxylic acids is 1. The molecule has 0 atom stereocenters. The number of nitrogens with zero attached hydrogens (tertiary/aromatic N) is 1. The van der Waals surface area contributed by atoms with E-state index in [2.05, 4.69) is 39.3 Å². The van der Waals surface area contributed by atoms with Gasteiger partial charge in [-0.05, 0) is 53.9 Å². The fraction of sp³-hybridized carbons (Fsp3) is 0.0345. The van der Waals surface area contributed by atoms with Crippen molar-refractivity contribution in [1.29, 1.82) is 0 Å². The fourth-order valence-corrected chi connectivity index (χ4v) is 5.56. The molecule has 0 aliphatic rings. The molecule has 1 heterocycles. The van der Waals surface area contributed by atoms with Gasteiger partial charge in [0, 0.05) is 22.2 Å². The van der Waals surface area contributed by atoms with Crippen LogP contribution in [0, 0.1) is 0 Å². The highest BCUT2D eigenvalue weighted by Gasteiger charge is 2.15. The zero-order chi connectivity index (χ0) is 25.7. The van der Waals surface area contributed by atoms with Crippen molar-refractivity contribution in [1.82, 2.24) is 4.98 Å². The molecular weight excluding hydrogens is 502 g/mol. The van der Waals surface area contributed by atoms with E-state index in [1.807, 2.05) is 35.7 Å². The fourth-order valence-electron chi connectivity index (χ4n) is 3.76. The van der Waals surface area contributed by atoms with Crippen LogP contribution in [-0.4, -0.2) is 19.3 Å². The highest BCUT2D eigenvalue weighted by molar-refractivity contribution is 7.92. The lowest BCUT2D eigenvalue weighted by Crippen LogP contribution is -2.14. The molecule has 0 spiro atoms. The van der Waals surface area contributed by atoms with Gasteiger partial charge in [-0.15, -0.1) is 11.3 Å². The summed E-state index contributed by atoms with van der Waals surface area (Å²) in [7, 11) is -3.70. The minimum absolute atomic E-state index is 0.169. The predicted molar refractivity (Wildman–Crippen MR) is 148 cm³/mol. The van der Waals surface area contributed by atoms with E-state index in [-0.39, 0.29) is 10.8 Å². The number of amides is 1. The highest BCUT2D eigenvalue weighted by Crippen LogP contribution is 2.26. The quantitative estimate of drug-likeness (QED) is 0.244. The summed E-state index contributed by atoms with van der Waals surface area (Å²) >= 11 is 1.35. The Morgan fingerprint density at radius 3 is 2.05 bits per heavy atom. The van der Waals surface area contributed by atoms with Crippen LogP contribution < -0.4 is 10.0 Å². The molecule has 2 N–H and O–H groups in total. The van der Waals surface area contributed by atoms with Gasteiger partial charge in [0.15, 0.2) is 5.13 Å². The van der Waals surface area contributed by atoms with E-state index in [1.165, 1.54) is 34.6 Å². The van der Waals surface area contributed by atoms with Gasteiger partial charge in [0.1, 0.15) is 0 Å². The summed E-state index contributed by atoms with van der Waals surface area (Å²) < 4.78 is 27.5. The average molecular weight is 526 g/mol. The first-order chi connectivity index (χ1) is 18.0. The van der Waals surface area contributed by atoms with Gasteiger partial charge in [-0.3, -0.25) is 14.8 Å². The molecule has 0 saturated carbocycles. The Hall–Kier alpha value is -4.27. The van der Waals surface area contributed by atoms with Gasteiger partial charge >= 0.3 is 0 Å². The number of anilines is 2. The van der Waals surface area contributed by atoms with Crippen LogP contribution in [0.2, 0.25) is 0 Å². The van der Waals surface area contributed by atoms with Crippen molar-refractivity contribution in [2.75, 3.05) is 10.0 Å². The summed E-state index contributed by atoms with van der Waals surface area (Å²) in [4.78, 5) is 17.4. The van der Waals surface area contributed by atoms with E-state index in [0.717, 1.165) is 17.7 Å². The van der Waals surface area contributed by atoms with Gasteiger partial charge in [-0.25, -0.2) is 13.4 Å². The Balaban J connectivity index is 1.20. The summed E-state index contributed by atoms with van der Waals surface area (Å²) in [6.45, 7) is 0. The zero-order valence-corrected chi connectivity index (χ0v) is 21.3. The maximum Gasteiger partial charge on any atom is 0.261 e. The van der Waals surface area contributed by atoms with Crippen LogP contribution in [-0.2, 0) is 16.4 Å². The lowest BCUT2D eigenvalue weighted by Gasteiger charge is -2.08. The predicted octanol–water partition coefficient (Wildman–Crippen LogP) is 6.45. The zero-order valence-electron chi connectivity index (χ0n) is 19.7. The van der Waals surface area contributed by atoms with Crippen LogP contribution in [0.4, 0.5) is 10.8 Å². The Morgan fingerprint density at radius 1 is 0.757 bits per heavy atom. The molecule has 1 amide bonds. The largest absolute Gasteiger partial charge is 0.298 e. The normalized spacial score (nSPS) is 11.1. The first kappa shape index (κ1) is 24.4. The Kier molecular flexibility index (Phi) is 7.11. The van der Waals surface area contributed by atoms with E-state index >= 15 is 0 Å². The monoisotopic (exact) mass is 525 g/mol. The number of rotatable bonds is 8. The lowest BCUT2D eigenvalue weighted by molar-refractivity contribution is 0.102. The first-order valence-corrected chi connectivity index (χ1v) is 13.9. The van der Waals surface area contributed by atoms with Crippen molar-refractivity contribution in [3.63, 3.8) is 0 Å². The third-order valence-electron chi connectivity index (χ3n) is 5.68. The van der Waals surface area contributed by atoms with E-state index in [4.69, 9.17) is 0 Å². The molecule has 0 bridgehead atoms. The van der Waals surface area contributed by atoms with Gasteiger partial charge in [-0.1, -0.05) is 72.8 Å². The number of thiazole rings is 1. The van der Waals surface area contributed by atoms with Gasteiger partial charge < -0.3 is 0 Å². The Bertz CT molecular complexity index is 1600. The van der Waals surface area contributed by atoms with Crippen LogP contribution in [0.3, 0.4) is 0 Å². The number of hydrogen-bond acceptors (Lipinski definition) is 5. The molecule has 1 aromatic heterocycles. The van der Waals surface area contributed by atoms with Gasteiger partial charge in [0.2, 0.25) is 0 Å². The average Bonchev–Trinajstić information content (AvgIpc) is 3.39. The molecule has 0 fully saturated rings. The minimum Gasteiger partial charge on any atom is -0.298 e. The molecule has 0 aliphatic carbocycles. The van der Waals surface area contributed by atoms with Crippen molar-refractivity contribution in [2.24, 2.45) is 0 Å². The molecule has 5 rings (SSSR count). The molecule has 0 radical (unpaired) electrons. The third-order valence-corrected chi connectivity index (χ3v) is 7.83. The van der Waals surface area contributed by atoms with Crippen LogP contribution in [0.1, 0.15) is 21.5 Å². The Labute approximate surface area is 219 Å². The number of sulfonamides is 1. The maximum atomic E-state index is 12.7. The molecule has 8 heteroatoms. The van der Waals surface area contributed by atoms with Gasteiger partial charge in [-0.2, -0.15) is 0 Å². The van der Waals surface area contributed by atoms with E-state index in [0.29, 0.717) is 16.4 Å². The summed E-state index contributed by atoms with van der Waals surface area (Å²) in [6, 6.07) is 32.9. The number of benzene rings is 4. The topological polar surface area (TPSA) is 88.2 Å². The smallest absolute Gasteiger partial charge is 0.261 e. The summed E-state index contributed by atoms with van der Waals surface area (Å²) in [5.74, 6) is -0.323. The maximum absolute atomic E-state index is 12.7. The SMILES string of the molecule is O=C(Nc1nc(-c2ccc(Cc3ccccc3)cc2)cs1)c1ccc(NS(=O)(=O)c2ccccc2)cc1. The summed E-state index contributed by atoms with van der Waals surface area (Å²) in [5.41, 5.74) is 5.00. The molecule has 0 aliphatic heterocycles. The molecule has 184 valence electrons. The lowest BCUT2D eigenvalue weighted by atomic mass is 10.0. The van der Waals surface area contributed by atoms with Crippen molar-refractivity contribution >= 4 is 38.1 Å². The number of aromatic nitrogens is 1. The molecule has 0 saturated heterocycles. The molecule has 5 aromatic rings. The van der Waals surface area contributed by atoms with Crippen molar-refractivity contribution in [2.45, 2.75) is 11.3 Å². The molecule has 37 heavy (non-hydrogen) atoms. The van der Waals surface area contributed by atoms with Crippen molar-refractivity contribution in [3.8, 4) is 11.3 Å². The van der Waals surface area contributed by atoms with Gasteiger partial charge in [0.25, 0.3) is 15.9 Å².